The molecule has 1 N–H and O–H groups in total. The number of hydrogen-bond acceptors (Lipinski definition) is 1. The van der Waals surface area contributed by atoms with Crippen molar-refractivity contribution in [2.75, 3.05) is 0 Å². The van der Waals surface area contributed by atoms with Gasteiger partial charge in [-0.2, -0.15) is 0 Å². The molecule has 0 amide bonds. The van der Waals surface area contributed by atoms with Crippen LogP contribution in [0.25, 0.3) is 0 Å². The average molecular weight is 195 g/mol. The number of hydrogen-bond donors (Lipinski definition) is 1. The average Bonchev–Trinajstić information content (AvgIpc) is 2.67. The van der Waals surface area contributed by atoms with Gasteiger partial charge in [0.1, 0.15) is 0 Å². The first-order valence-electron chi connectivity index (χ1n) is 6.60. The maximum Gasteiger partial charge on any atom is 0.00696 e. The summed E-state index contributed by atoms with van der Waals surface area (Å²) in [5.74, 6) is 1.08. The Labute approximate surface area is 88.7 Å². The topological polar surface area (TPSA) is 12.0 Å². The molecule has 1 saturated carbocycles. The second-order valence-electron chi connectivity index (χ2n) is 5.42. The highest BCUT2D eigenvalue weighted by molar-refractivity contribution is 4.79. The normalized spacial score (nSPS) is 34.9. The summed E-state index contributed by atoms with van der Waals surface area (Å²) in [5.41, 5.74) is 0. The third kappa shape index (κ3) is 2.98. The molecule has 2 aliphatic rings. The SMILES string of the molecule is CC1CCCC(CCC2CCCC2)N1. The first-order chi connectivity index (χ1) is 6.84. The van der Waals surface area contributed by atoms with Gasteiger partial charge in [-0.15, -0.1) is 0 Å². The van der Waals surface area contributed by atoms with E-state index in [9.17, 15) is 0 Å². The highest BCUT2D eigenvalue weighted by Crippen LogP contribution is 2.30. The van der Waals surface area contributed by atoms with Crippen molar-refractivity contribution in [1.29, 1.82) is 0 Å². The highest BCUT2D eigenvalue weighted by atomic mass is 15.0. The van der Waals surface area contributed by atoms with Gasteiger partial charge in [0.15, 0.2) is 0 Å². The maximum atomic E-state index is 3.74. The van der Waals surface area contributed by atoms with Gasteiger partial charge in [-0.1, -0.05) is 32.1 Å². The van der Waals surface area contributed by atoms with Gasteiger partial charge in [0.25, 0.3) is 0 Å². The lowest BCUT2D eigenvalue weighted by molar-refractivity contribution is 0.301. The van der Waals surface area contributed by atoms with E-state index in [0.29, 0.717) is 0 Å². The van der Waals surface area contributed by atoms with Crippen LogP contribution in [0.15, 0.2) is 0 Å². The Kier molecular flexibility index (Phi) is 3.86. The van der Waals surface area contributed by atoms with E-state index in [2.05, 4.69) is 12.2 Å². The van der Waals surface area contributed by atoms with Crippen LogP contribution in [0.3, 0.4) is 0 Å². The molecule has 1 aliphatic heterocycles. The van der Waals surface area contributed by atoms with E-state index in [1.54, 1.807) is 0 Å². The van der Waals surface area contributed by atoms with E-state index < -0.39 is 0 Å². The number of rotatable bonds is 3. The summed E-state index contributed by atoms with van der Waals surface area (Å²) in [4.78, 5) is 0. The van der Waals surface area contributed by atoms with Crippen LogP contribution in [-0.4, -0.2) is 12.1 Å². The van der Waals surface area contributed by atoms with Crippen molar-refractivity contribution in [3.05, 3.63) is 0 Å². The highest BCUT2D eigenvalue weighted by Gasteiger charge is 2.20. The van der Waals surface area contributed by atoms with Crippen molar-refractivity contribution in [2.45, 2.75) is 76.8 Å². The fourth-order valence-corrected chi connectivity index (χ4v) is 3.20. The van der Waals surface area contributed by atoms with Crippen LogP contribution >= 0.6 is 0 Å². The Morgan fingerprint density at radius 2 is 1.71 bits per heavy atom. The lowest BCUT2D eigenvalue weighted by Gasteiger charge is -2.29. The third-order valence-corrected chi connectivity index (χ3v) is 4.11. The fourth-order valence-electron chi connectivity index (χ4n) is 3.20. The number of piperidine rings is 1. The van der Waals surface area contributed by atoms with Crippen LogP contribution in [0, 0.1) is 5.92 Å². The van der Waals surface area contributed by atoms with Crippen molar-refractivity contribution in [3.63, 3.8) is 0 Å². The molecule has 2 unspecified atom stereocenters. The van der Waals surface area contributed by atoms with Gasteiger partial charge >= 0.3 is 0 Å². The van der Waals surface area contributed by atoms with E-state index in [-0.39, 0.29) is 0 Å². The summed E-state index contributed by atoms with van der Waals surface area (Å²) in [6.07, 6.45) is 13.2. The van der Waals surface area contributed by atoms with E-state index in [1.807, 2.05) is 0 Å². The first-order valence-corrected chi connectivity index (χ1v) is 6.60. The van der Waals surface area contributed by atoms with Crippen molar-refractivity contribution in [3.8, 4) is 0 Å². The molecule has 2 rings (SSSR count). The van der Waals surface area contributed by atoms with E-state index in [4.69, 9.17) is 0 Å². The van der Waals surface area contributed by atoms with Crippen molar-refractivity contribution >= 4 is 0 Å². The quantitative estimate of drug-likeness (QED) is 0.727. The van der Waals surface area contributed by atoms with E-state index in [0.717, 1.165) is 18.0 Å². The van der Waals surface area contributed by atoms with Gasteiger partial charge in [-0.3, -0.25) is 0 Å². The van der Waals surface area contributed by atoms with E-state index in [1.165, 1.54) is 57.8 Å². The molecule has 82 valence electrons. The molecule has 0 aromatic carbocycles. The monoisotopic (exact) mass is 195 g/mol. The second-order valence-corrected chi connectivity index (χ2v) is 5.42. The zero-order valence-electron chi connectivity index (χ0n) is 9.60. The van der Waals surface area contributed by atoms with Crippen molar-refractivity contribution in [2.24, 2.45) is 5.92 Å². The van der Waals surface area contributed by atoms with Gasteiger partial charge < -0.3 is 5.32 Å². The van der Waals surface area contributed by atoms with Gasteiger partial charge in [0.05, 0.1) is 0 Å². The number of nitrogens with one attached hydrogen (secondary N) is 1. The molecular weight excluding hydrogens is 170 g/mol. The molecule has 2 fully saturated rings. The standard InChI is InChI=1S/C13H25N/c1-11-5-4-8-13(14-11)10-9-12-6-2-3-7-12/h11-14H,2-10H2,1H3. The summed E-state index contributed by atoms with van der Waals surface area (Å²) in [5, 5.41) is 3.74. The first kappa shape index (κ1) is 10.5. The van der Waals surface area contributed by atoms with Crippen molar-refractivity contribution < 1.29 is 0 Å². The fraction of sp³-hybridized carbons (Fsp3) is 1.00. The molecule has 1 nitrogen and oxygen atoms in total. The van der Waals surface area contributed by atoms with Crippen LogP contribution in [0.5, 0.6) is 0 Å². The minimum Gasteiger partial charge on any atom is -0.312 e. The largest absolute Gasteiger partial charge is 0.312 e. The smallest absolute Gasteiger partial charge is 0.00696 e. The minimum atomic E-state index is 0.775. The summed E-state index contributed by atoms with van der Waals surface area (Å²) in [6, 6.07) is 1.62. The summed E-state index contributed by atoms with van der Waals surface area (Å²) >= 11 is 0. The molecule has 0 spiro atoms. The summed E-state index contributed by atoms with van der Waals surface area (Å²) in [7, 11) is 0. The lowest BCUT2D eigenvalue weighted by atomic mass is 9.92. The summed E-state index contributed by atoms with van der Waals surface area (Å²) < 4.78 is 0. The maximum absolute atomic E-state index is 3.74. The molecular formula is C13H25N. The van der Waals surface area contributed by atoms with E-state index >= 15 is 0 Å². The van der Waals surface area contributed by atoms with Crippen LogP contribution in [0.4, 0.5) is 0 Å². The Hall–Kier alpha value is -0.0400. The zero-order chi connectivity index (χ0) is 9.80. The predicted molar refractivity (Wildman–Crippen MR) is 61.4 cm³/mol. The second kappa shape index (κ2) is 5.16. The Balaban J connectivity index is 1.64. The third-order valence-electron chi connectivity index (χ3n) is 4.11. The van der Waals surface area contributed by atoms with Crippen LogP contribution in [0.1, 0.15) is 64.7 Å². The van der Waals surface area contributed by atoms with Crippen LogP contribution in [0.2, 0.25) is 0 Å². The Bertz CT molecular complexity index is 161. The van der Waals surface area contributed by atoms with Crippen LogP contribution in [-0.2, 0) is 0 Å². The molecule has 1 heterocycles. The lowest BCUT2D eigenvalue weighted by Crippen LogP contribution is -2.40. The zero-order valence-corrected chi connectivity index (χ0v) is 9.60. The molecule has 0 bridgehead atoms. The van der Waals surface area contributed by atoms with Gasteiger partial charge in [0, 0.05) is 12.1 Å². The van der Waals surface area contributed by atoms with Crippen molar-refractivity contribution in [1.82, 2.24) is 5.32 Å². The summed E-state index contributed by atoms with van der Waals surface area (Å²) in [6.45, 7) is 2.34. The molecule has 1 heteroatoms. The van der Waals surface area contributed by atoms with Crippen LogP contribution < -0.4 is 5.32 Å². The minimum absolute atomic E-state index is 0.775. The molecule has 0 aromatic rings. The molecule has 1 saturated heterocycles. The Morgan fingerprint density at radius 1 is 0.929 bits per heavy atom. The molecule has 1 aliphatic carbocycles. The van der Waals surface area contributed by atoms with Gasteiger partial charge in [-0.05, 0) is 38.5 Å². The molecule has 14 heavy (non-hydrogen) atoms. The Morgan fingerprint density at radius 3 is 2.43 bits per heavy atom. The van der Waals surface area contributed by atoms with Gasteiger partial charge in [-0.25, -0.2) is 0 Å². The molecule has 0 radical (unpaired) electrons. The predicted octanol–water partition coefficient (Wildman–Crippen LogP) is 3.49. The molecule has 0 aromatic heterocycles. The molecule has 2 atom stereocenters. The van der Waals surface area contributed by atoms with Gasteiger partial charge in [0.2, 0.25) is 0 Å².